The van der Waals surface area contributed by atoms with Gasteiger partial charge in [0.05, 0.1) is 11.4 Å². The molecule has 0 bridgehead atoms. The second kappa shape index (κ2) is 8.97. The van der Waals surface area contributed by atoms with E-state index in [1.807, 2.05) is 24.0 Å². The van der Waals surface area contributed by atoms with Crippen molar-refractivity contribution >= 4 is 16.0 Å². The molecule has 1 aliphatic rings. The van der Waals surface area contributed by atoms with Gasteiger partial charge in [0, 0.05) is 19.1 Å². The zero-order valence-corrected chi connectivity index (χ0v) is 16.8. The number of likely N-dealkylation sites (N-methyl/N-ethyl adjacent to an activating group) is 1. The Morgan fingerprint density at radius 1 is 1.19 bits per heavy atom. The number of sulfonamides is 1. The highest BCUT2D eigenvalue weighted by atomic mass is 32.2. The number of aliphatic carboxylic acids is 1. The second-order valence-corrected chi connectivity index (χ2v) is 8.87. The maximum absolute atomic E-state index is 13.1. The molecule has 1 aliphatic heterocycles. The zero-order valence-electron chi connectivity index (χ0n) is 15.9. The summed E-state index contributed by atoms with van der Waals surface area (Å²) < 4.78 is 27.7. The smallest absolute Gasteiger partial charge is 0.317 e. The van der Waals surface area contributed by atoms with Crippen LogP contribution in [0, 0.1) is 0 Å². The standard InChI is InChI=1S/C19H30N2O4S/c1-4-15-8-9-18(13-16(15)5-2)26(24,25)21-11-6-7-17(10-12-21)20(3)14-19(22)23/h8-9,13,17H,4-7,10-12,14H2,1-3H3,(H,22,23). The molecule has 0 saturated carbocycles. The van der Waals surface area contributed by atoms with Gasteiger partial charge < -0.3 is 5.11 Å². The molecule has 0 aromatic heterocycles. The molecule has 1 atom stereocenters. The molecule has 7 heteroatoms. The van der Waals surface area contributed by atoms with Gasteiger partial charge >= 0.3 is 5.97 Å². The summed E-state index contributed by atoms with van der Waals surface area (Å²) in [5.41, 5.74) is 2.28. The summed E-state index contributed by atoms with van der Waals surface area (Å²) in [4.78, 5) is 13.1. The van der Waals surface area contributed by atoms with Crippen molar-refractivity contribution in [1.82, 2.24) is 9.21 Å². The van der Waals surface area contributed by atoms with Crippen LogP contribution in [0.3, 0.4) is 0 Å². The summed E-state index contributed by atoms with van der Waals surface area (Å²) in [6, 6.07) is 5.55. The first-order chi connectivity index (χ1) is 12.3. The van der Waals surface area contributed by atoms with Crippen molar-refractivity contribution in [3.05, 3.63) is 29.3 Å². The third kappa shape index (κ3) is 4.84. The molecule has 1 unspecified atom stereocenters. The second-order valence-electron chi connectivity index (χ2n) is 6.94. The van der Waals surface area contributed by atoms with Gasteiger partial charge in [0.2, 0.25) is 10.0 Å². The van der Waals surface area contributed by atoms with Crippen LogP contribution < -0.4 is 0 Å². The number of carboxylic acid groups (broad SMARTS) is 1. The molecule has 6 nitrogen and oxygen atoms in total. The van der Waals surface area contributed by atoms with Gasteiger partial charge in [0.25, 0.3) is 0 Å². The van der Waals surface area contributed by atoms with E-state index in [0.29, 0.717) is 24.4 Å². The first-order valence-electron chi connectivity index (χ1n) is 9.33. The third-order valence-corrected chi connectivity index (χ3v) is 7.14. The Kier molecular flexibility index (Phi) is 7.20. The molecule has 0 spiro atoms. The van der Waals surface area contributed by atoms with Crippen molar-refractivity contribution in [1.29, 1.82) is 0 Å². The number of nitrogens with zero attached hydrogens (tertiary/aromatic N) is 2. The summed E-state index contributed by atoms with van der Waals surface area (Å²) in [7, 11) is -1.73. The van der Waals surface area contributed by atoms with Crippen molar-refractivity contribution in [2.45, 2.75) is 56.9 Å². The zero-order chi connectivity index (χ0) is 19.3. The van der Waals surface area contributed by atoms with Gasteiger partial charge in [-0.25, -0.2) is 8.42 Å². The predicted molar refractivity (Wildman–Crippen MR) is 102 cm³/mol. The number of hydrogen-bond donors (Lipinski definition) is 1. The number of aryl methyl sites for hydroxylation is 2. The molecule has 1 fully saturated rings. The van der Waals surface area contributed by atoms with E-state index in [4.69, 9.17) is 5.11 Å². The predicted octanol–water partition coefficient (Wildman–Crippen LogP) is 2.37. The third-order valence-electron chi connectivity index (χ3n) is 5.24. The Morgan fingerprint density at radius 2 is 1.88 bits per heavy atom. The molecule has 1 aromatic rings. The summed E-state index contributed by atoms with van der Waals surface area (Å²) >= 11 is 0. The molecule has 26 heavy (non-hydrogen) atoms. The maximum Gasteiger partial charge on any atom is 0.317 e. The molecule has 1 N–H and O–H groups in total. The van der Waals surface area contributed by atoms with Crippen molar-refractivity contribution in [3.8, 4) is 0 Å². The van der Waals surface area contributed by atoms with Crippen LogP contribution in [0.15, 0.2) is 23.1 Å². The molecule has 0 aliphatic carbocycles. The number of rotatable bonds is 7. The molecule has 1 aromatic carbocycles. The van der Waals surface area contributed by atoms with Crippen LogP contribution in [0.25, 0.3) is 0 Å². The molecule has 2 rings (SSSR count). The SMILES string of the molecule is CCc1ccc(S(=O)(=O)N2CCCC(N(C)CC(=O)O)CC2)cc1CC. The van der Waals surface area contributed by atoms with Gasteiger partial charge in [-0.05, 0) is 62.4 Å². The van der Waals surface area contributed by atoms with E-state index in [1.54, 1.807) is 17.4 Å². The number of carbonyl (C=O) groups is 1. The highest BCUT2D eigenvalue weighted by Gasteiger charge is 2.29. The first kappa shape index (κ1) is 20.9. The van der Waals surface area contributed by atoms with E-state index >= 15 is 0 Å². The van der Waals surface area contributed by atoms with Gasteiger partial charge in [-0.2, -0.15) is 4.31 Å². The minimum absolute atomic E-state index is 0.0181. The van der Waals surface area contributed by atoms with Crippen LogP contribution in [-0.2, 0) is 27.7 Å². The first-order valence-corrected chi connectivity index (χ1v) is 10.8. The van der Waals surface area contributed by atoms with Gasteiger partial charge in [-0.1, -0.05) is 19.9 Å². The van der Waals surface area contributed by atoms with E-state index in [1.165, 1.54) is 5.56 Å². The average molecular weight is 383 g/mol. The average Bonchev–Trinajstić information content (AvgIpc) is 2.87. The topological polar surface area (TPSA) is 77.9 Å². The molecule has 0 radical (unpaired) electrons. The number of carboxylic acids is 1. The molecule has 146 valence electrons. The lowest BCUT2D eigenvalue weighted by Gasteiger charge is -2.25. The molecule has 0 amide bonds. The van der Waals surface area contributed by atoms with Crippen molar-refractivity contribution in [2.75, 3.05) is 26.7 Å². The lowest BCUT2D eigenvalue weighted by molar-refractivity contribution is -0.138. The van der Waals surface area contributed by atoms with Gasteiger partial charge in [0.15, 0.2) is 0 Å². The summed E-state index contributed by atoms with van der Waals surface area (Å²) in [6.45, 7) is 5.01. The Hall–Kier alpha value is -1.44. The molecular weight excluding hydrogens is 352 g/mol. The van der Waals surface area contributed by atoms with E-state index < -0.39 is 16.0 Å². The monoisotopic (exact) mass is 382 g/mol. The summed E-state index contributed by atoms with van der Waals surface area (Å²) in [6.07, 6.45) is 3.91. The van der Waals surface area contributed by atoms with E-state index in [0.717, 1.165) is 31.2 Å². The van der Waals surface area contributed by atoms with Crippen molar-refractivity contribution < 1.29 is 18.3 Å². The van der Waals surface area contributed by atoms with Crippen LogP contribution in [0.2, 0.25) is 0 Å². The van der Waals surface area contributed by atoms with Crippen molar-refractivity contribution in [2.24, 2.45) is 0 Å². The number of benzene rings is 1. The summed E-state index contributed by atoms with van der Waals surface area (Å²) in [5, 5.41) is 8.96. The number of hydrogen-bond acceptors (Lipinski definition) is 4. The fraction of sp³-hybridized carbons (Fsp3) is 0.632. The van der Waals surface area contributed by atoms with Gasteiger partial charge in [-0.3, -0.25) is 9.69 Å². The Labute approximate surface area is 156 Å². The fourth-order valence-electron chi connectivity index (χ4n) is 3.66. The van der Waals surface area contributed by atoms with Crippen LogP contribution in [0.5, 0.6) is 0 Å². The van der Waals surface area contributed by atoms with Crippen LogP contribution in [0.1, 0.15) is 44.2 Å². The van der Waals surface area contributed by atoms with Crippen LogP contribution in [-0.4, -0.2) is 61.4 Å². The van der Waals surface area contributed by atoms with E-state index in [9.17, 15) is 13.2 Å². The highest BCUT2D eigenvalue weighted by molar-refractivity contribution is 7.89. The normalized spacial score (nSPS) is 19.5. The minimum atomic E-state index is -3.52. The van der Waals surface area contributed by atoms with E-state index in [-0.39, 0.29) is 12.6 Å². The summed E-state index contributed by atoms with van der Waals surface area (Å²) in [5.74, 6) is -0.857. The largest absolute Gasteiger partial charge is 0.480 e. The highest BCUT2D eigenvalue weighted by Crippen LogP contribution is 2.24. The van der Waals surface area contributed by atoms with Crippen LogP contribution in [0.4, 0.5) is 0 Å². The minimum Gasteiger partial charge on any atom is -0.480 e. The quantitative estimate of drug-likeness (QED) is 0.783. The van der Waals surface area contributed by atoms with E-state index in [2.05, 4.69) is 6.92 Å². The van der Waals surface area contributed by atoms with Crippen LogP contribution >= 0.6 is 0 Å². The Balaban J connectivity index is 2.16. The van der Waals surface area contributed by atoms with Crippen molar-refractivity contribution in [3.63, 3.8) is 0 Å². The molecular formula is C19H30N2O4S. The molecule has 1 saturated heterocycles. The van der Waals surface area contributed by atoms with Gasteiger partial charge in [-0.15, -0.1) is 0 Å². The molecule has 1 heterocycles. The lowest BCUT2D eigenvalue weighted by atomic mass is 10.0. The Morgan fingerprint density at radius 3 is 2.50 bits per heavy atom. The maximum atomic E-state index is 13.1. The van der Waals surface area contributed by atoms with Gasteiger partial charge in [0.1, 0.15) is 0 Å². The fourth-order valence-corrected chi connectivity index (χ4v) is 5.21. The lowest BCUT2D eigenvalue weighted by Crippen LogP contribution is -2.37. The Bertz CT molecular complexity index is 733.